The van der Waals surface area contributed by atoms with Crippen LogP contribution in [0, 0.1) is 0 Å². The SMILES string of the molecule is CNC(c1ccco1)c1ncc(Cl)cc1Cl. The highest BCUT2D eigenvalue weighted by atomic mass is 35.5. The van der Waals surface area contributed by atoms with Crippen molar-refractivity contribution < 1.29 is 4.42 Å². The second kappa shape index (κ2) is 4.87. The lowest BCUT2D eigenvalue weighted by atomic mass is 10.1. The molecule has 16 heavy (non-hydrogen) atoms. The fourth-order valence-electron chi connectivity index (χ4n) is 1.51. The standard InChI is InChI=1S/C11H10Cl2N2O/c1-14-11(9-3-2-4-16-9)10-8(13)5-7(12)6-15-10/h2-6,11,14H,1H3. The fraction of sp³-hybridized carbons (Fsp3) is 0.182. The lowest BCUT2D eigenvalue weighted by molar-refractivity contribution is 0.459. The Balaban J connectivity index is 2.41. The van der Waals surface area contributed by atoms with Crippen molar-refractivity contribution in [1.29, 1.82) is 0 Å². The van der Waals surface area contributed by atoms with Gasteiger partial charge in [-0.15, -0.1) is 0 Å². The smallest absolute Gasteiger partial charge is 0.126 e. The first-order valence-corrected chi connectivity index (χ1v) is 5.49. The zero-order chi connectivity index (χ0) is 11.5. The fourth-order valence-corrected chi connectivity index (χ4v) is 2.00. The normalized spacial score (nSPS) is 12.7. The Bertz CT molecular complexity index is 471. The van der Waals surface area contributed by atoms with E-state index in [1.807, 2.05) is 19.2 Å². The first-order chi connectivity index (χ1) is 7.72. The summed E-state index contributed by atoms with van der Waals surface area (Å²) in [7, 11) is 1.82. The van der Waals surface area contributed by atoms with Crippen LogP contribution in [-0.2, 0) is 0 Å². The highest BCUT2D eigenvalue weighted by Crippen LogP contribution is 2.28. The van der Waals surface area contributed by atoms with E-state index in [1.54, 1.807) is 18.5 Å². The minimum absolute atomic E-state index is 0.167. The minimum atomic E-state index is -0.167. The molecule has 0 saturated heterocycles. The van der Waals surface area contributed by atoms with E-state index in [-0.39, 0.29) is 6.04 Å². The van der Waals surface area contributed by atoms with Gasteiger partial charge in [-0.3, -0.25) is 4.98 Å². The molecule has 2 rings (SSSR count). The zero-order valence-electron chi connectivity index (χ0n) is 8.58. The monoisotopic (exact) mass is 256 g/mol. The maximum absolute atomic E-state index is 6.09. The third kappa shape index (κ3) is 2.21. The molecule has 0 aliphatic carbocycles. The molecule has 1 atom stereocenters. The molecule has 0 aliphatic heterocycles. The van der Waals surface area contributed by atoms with Gasteiger partial charge in [0.05, 0.1) is 22.0 Å². The molecule has 0 fully saturated rings. The van der Waals surface area contributed by atoms with E-state index in [0.29, 0.717) is 15.7 Å². The van der Waals surface area contributed by atoms with E-state index < -0.39 is 0 Å². The Morgan fingerprint density at radius 2 is 2.25 bits per heavy atom. The van der Waals surface area contributed by atoms with Gasteiger partial charge in [-0.25, -0.2) is 0 Å². The van der Waals surface area contributed by atoms with Crippen molar-refractivity contribution in [3.8, 4) is 0 Å². The summed E-state index contributed by atoms with van der Waals surface area (Å²) in [6, 6.07) is 5.19. The van der Waals surface area contributed by atoms with Crippen LogP contribution in [0.3, 0.4) is 0 Å². The molecule has 0 aromatic carbocycles. The van der Waals surface area contributed by atoms with Crippen LogP contribution in [0.1, 0.15) is 17.5 Å². The van der Waals surface area contributed by atoms with Crippen LogP contribution in [0.5, 0.6) is 0 Å². The predicted molar refractivity (Wildman–Crippen MR) is 63.9 cm³/mol. The number of hydrogen-bond acceptors (Lipinski definition) is 3. The van der Waals surface area contributed by atoms with Crippen molar-refractivity contribution >= 4 is 23.2 Å². The Morgan fingerprint density at radius 3 is 2.81 bits per heavy atom. The van der Waals surface area contributed by atoms with Crippen LogP contribution in [0.25, 0.3) is 0 Å². The van der Waals surface area contributed by atoms with E-state index in [1.165, 1.54) is 0 Å². The third-order valence-corrected chi connectivity index (χ3v) is 2.74. The predicted octanol–water partition coefficient (Wildman–Crippen LogP) is 3.29. The molecule has 0 radical (unpaired) electrons. The van der Waals surface area contributed by atoms with Gasteiger partial charge in [-0.1, -0.05) is 23.2 Å². The maximum Gasteiger partial charge on any atom is 0.126 e. The summed E-state index contributed by atoms with van der Waals surface area (Å²) in [5, 5.41) is 4.13. The molecule has 0 bridgehead atoms. The Kier molecular flexibility index (Phi) is 3.49. The summed E-state index contributed by atoms with van der Waals surface area (Å²) in [5.74, 6) is 0.763. The molecule has 1 N–H and O–H groups in total. The molecule has 5 heteroatoms. The van der Waals surface area contributed by atoms with Crippen molar-refractivity contribution in [1.82, 2.24) is 10.3 Å². The van der Waals surface area contributed by atoms with E-state index in [4.69, 9.17) is 27.6 Å². The number of nitrogens with one attached hydrogen (secondary N) is 1. The summed E-state index contributed by atoms with van der Waals surface area (Å²) < 4.78 is 5.33. The van der Waals surface area contributed by atoms with Gasteiger partial charge < -0.3 is 9.73 Å². The van der Waals surface area contributed by atoms with E-state index in [9.17, 15) is 0 Å². The molecular formula is C11H10Cl2N2O. The molecule has 1 unspecified atom stereocenters. The number of pyridine rings is 1. The van der Waals surface area contributed by atoms with Gasteiger partial charge in [-0.05, 0) is 25.2 Å². The van der Waals surface area contributed by atoms with Crippen LogP contribution in [0.2, 0.25) is 10.0 Å². The van der Waals surface area contributed by atoms with Gasteiger partial charge in [0.2, 0.25) is 0 Å². The van der Waals surface area contributed by atoms with Crippen LogP contribution < -0.4 is 5.32 Å². The second-order valence-corrected chi connectivity index (χ2v) is 4.10. The van der Waals surface area contributed by atoms with Crippen LogP contribution >= 0.6 is 23.2 Å². The van der Waals surface area contributed by atoms with Gasteiger partial charge >= 0.3 is 0 Å². The summed E-state index contributed by atoms with van der Waals surface area (Å²) >= 11 is 11.9. The average molecular weight is 257 g/mol. The molecule has 0 saturated carbocycles. The number of halogens is 2. The van der Waals surface area contributed by atoms with E-state index >= 15 is 0 Å². The molecule has 3 nitrogen and oxygen atoms in total. The minimum Gasteiger partial charge on any atom is -0.467 e. The van der Waals surface area contributed by atoms with E-state index in [2.05, 4.69) is 10.3 Å². The van der Waals surface area contributed by atoms with Gasteiger partial charge in [-0.2, -0.15) is 0 Å². The number of furan rings is 1. The number of nitrogens with zero attached hydrogens (tertiary/aromatic N) is 1. The highest BCUT2D eigenvalue weighted by molar-refractivity contribution is 6.34. The van der Waals surface area contributed by atoms with Gasteiger partial charge in [0.25, 0.3) is 0 Å². The van der Waals surface area contributed by atoms with Crippen LogP contribution in [0.4, 0.5) is 0 Å². The Labute approximate surface area is 103 Å². The van der Waals surface area contributed by atoms with Gasteiger partial charge in [0.1, 0.15) is 11.8 Å². The lowest BCUT2D eigenvalue weighted by Gasteiger charge is -2.14. The van der Waals surface area contributed by atoms with Crippen molar-refractivity contribution in [2.45, 2.75) is 6.04 Å². The molecular weight excluding hydrogens is 247 g/mol. The molecule has 2 aromatic rings. The van der Waals surface area contributed by atoms with E-state index in [0.717, 1.165) is 5.76 Å². The molecule has 2 aromatic heterocycles. The molecule has 2 heterocycles. The largest absolute Gasteiger partial charge is 0.467 e. The van der Waals surface area contributed by atoms with Crippen molar-refractivity contribution in [3.05, 3.63) is 52.2 Å². The summed E-state index contributed by atoms with van der Waals surface area (Å²) in [4.78, 5) is 4.22. The molecule has 0 aliphatic rings. The third-order valence-electron chi connectivity index (χ3n) is 2.23. The second-order valence-electron chi connectivity index (χ2n) is 3.26. The number of rotatable bonds is 3. The van der Waals surface area contributed by atoms with Crippen molar-refractivity contribution in [2.24, 2.45) is 0 Å². The quantitative estimate of drug-likeness (QED) is 0.916. The first-order valence-electron chi connectivity index (χ1n) is 4.74. The maximum atomic E-state index is 6.09. The Morgan fingerprint density at radius 1 is 1.44 bits per heavy atom. The average Bonchev–Trinajstić information content (AvgIpc) is 2.75. The first kappa shape index (κ1) is 11.5. The van der Waals surface area contributed by atoms with Gasteiger partial charge in [0, 0.05) is 6.20 Å². The molecule has 0 spiro atoms. The van der Waals surface area contributed by atoms with Crippen LogP contribution in [-0.4, -0.2) is 12.0 Å². The summed E-state index contributed by atoms with van der Waals surface area (Å²) in [6.45, 7) is 0. The molecule has 0 amide bonds. The highest BCUT2D eigenvalue weighted by Gasteiger charge is 2.19. The number of aromatic nitrogens is 1. The zero-order valence-corrected chi connectivity index (χ0v) is 10.1. The van der Waals surface area contributed by atoms with Gasteiger partial charge in [0.15, 0.2) is 0 Å². The summed E-state index contributed by atoms with van der Waals surface area (Å²) in [6.07, 6.45) is 3.18. The Hall–Kier alpha value is -1.03. The topological polar surface area (TPSA) is 38.1 Å². The van der Waals surface area contributed by atoms with Crippen molar-refractivity contribution in [2.75, 3.05) is 7.05 Å². The summed E-state index contributed by atoms with van der Waals surface area (Å²) in [5.41, 5.74) is 0.698. The molecule has 84 valence electrons. The lowest BCUT2D eigenvalue weighted by Crippen LogP contribution is -2.18. The van der Waals surface area contributed by atoms with Crippen LogP contribution in [0.15, 0.2) is 35.1 Å². The number of hydrogen-bond donors (Lipinski definition) is 1. The van der Waals surface area contributed by atoms with Crippen molar-refractivity contribution in [3.63, 3.8) is 0 Å².